The van der Waals surface area contributed by atoms with E-state index in [1.165, 1.54) is 0 Å². The van der Waals surface area contributed by atoms with Gasteiger partial charge in [-0.1, -0.05) is 6.07 Å². The van der Waals surface area contributed by atoms with Crippen LogP contribution in [0.25, 0.3) is 0 Å². The van der Waals surface area contributed by atoms with E-state index in [0.29, 0.717) is 37.2 Å². The Kier molecular flexibility index (Phi) is 4.39. The molecule has 3 fully saturated rings. The Hall–Kier alpha value is -3.23. The fourth-order valence-electron chi connectivity index (χ4n) is 5.55. The lowest BCUT2D eigenvalue weighted by molar-refractivity contribution is -0.151. The molecule has 5 rings (SSSR count). The molecule has 9 heteroatoms. The quantitative estimate of drug-likeness (QED) is 0.697. The van der Waals surface area contributed by atoms with E-state index < -0.39 is 35.6 Å². The second-order valence-electron chi connectivity index (χ2n) is 9.08. The third kappa shape index (κ3) is 3.02. The molecule has 1 aromatic rings. The molecule has 1 spiro atoms. The first-order chi connectivity index (χ1) is 14.8. The van der Waals surface area contributed by atoms with Crippen molar-refractivity contribution in [1.29, 1.82) is 0 Å². The van der Waals surface area contributed by atoms with Crippen molar-refractivity contribution < 1.29 is 29.1 Å². The van der Waals surface area contributed by atoms with Gasteiger partial charge < -0.3 is 10.0 Å². The summed E-state index contributed by atoms with van der Waals surface area (Å²) in [5, 5.41) is 11.4. The van der Waals surface area contributed by atoms with E-state index in [1.54, 1.807) is 12.1 Å². The first-order valence-electron chi connectivity index (χ1n) is 10.6. The molecule has 1 aromatic carbocycles. The highest BCUT2D eigenvalue weighted by Crippen LogP contribution is 2.53. The van der Waals surface area contributed by atoms with E-state index in [4.69, 9.17) is 0 Å². The number of nitrogens with one attached hydrogen (secondary N) is 1. The first kappa shape index (κ1) is 19.7. The van der Waals surface area contributed by atoms with Crippen LogP contribution in [0.2, 0.25) is 0 Å². The van der Waals surface area contributed by atoms with Gasteiger partial charge in [0.25, 0.3) is 11.8 Å². The van der Waals surface area contributed by atoms with Gasteiger partial charge in [0, 0.05) is 19.5 Å². The zero-order valence-corrected chi connectivity index (χ0v) is 16.9. The Morgan fingerprint density at radius 3 is 2.42 bits per heavy atom. The molecule has 9 nitrogen and oxygen atoms in total. The zero-order chi connectivity index (χ0) is 21.9. The summed E-state index contributed by atoms with van der Waals surface area (Å²) in [5.74, 6) is -3.01. The topological polar surface area (TPSA) is 124 Å². The maximum atomic E-state index is 13.3. The van der Waals surface area contributed by atoms with Crippen molar-refractivity contribution in [3.8, 4) is 0 Å². The molecule has 0 aromatic heterocycles. The normalized spacial score (nSPS) is 25.5. The number of benzene rings is 1. The van der Waals surface area contributed by atoms with E-state index in [-0.39, 0.29) is 29.7 Å². The number of fused-ring (bicyclic) bond motifs is 1. The number of aliphatic carboxylic acids is 1. The smallest absolute Gasteiger partial charge is 0.306 e. The van der Waals surface area contributed by atoms with Gasteiger partial charge in [0.15, 0.2) is 0 Å². The minimum absolute atomic E-state index is 0.0656. The maximum Gasteiger partial charge on any atom is 0.306 e. The summed E-state index contributed by atoms with van der Waals surface area (Å²) in [6.45, 7) is 1.37. The summed E-state index contributed by atoms with van der Waals surface area (Å²) < 4.78 is 0. The molecule has 1 unspecified atom stereocenters. The van der Waals surface area contributed by atoms with Crippen LogP contribution >= 0.6 is 0 Å². The molecule has 2 saturated heterocycles. The van der Waals surface area contributed by atoms with Crippen LogP contribution in [0, 0.1) is 11.3 Å². The fourth-order valence-corrected chi connectivity index (χ4v) is 5.55. The Morgan fingerprint density at radius 2 is 1.77 bits per heavy atom. The summed E-state index contributed by atoms with van der Waals surface area (Å²) in [4.78, 5) is 64.2. The largest absolute Gasteiger partial charge is 0.481 e. The standard InChI is InChI=1S/C22H23N3O6/c26-16-5-4-15(18(27)23-16)25-19(28)13-2-1-3-14(17(13)20(25)29)24-8-6-22(7-9-24)10-12(11-22)21(30)31/h1-3,12,15H,4-11H2,(H,30,31)(H,23,26,27). The van der Waals surface area contributed by atoms with Crippen molar-refractivity contribution >= 4 is 35.3 Å². The van der Waals surface area contributed by atoms with Gasteiger partial charge in [0.05, 0.1) is 22.7 Å². The van der Waals surface area contributed by atoms with Gasteiger partial charge in [-0.2, -0.15) is 0 Å². The van der Waals surface area contributed by atoms with Crippen molar-refractivity contribution in [3.63, 3.8) is 0 Å². The number of carbonyl (C=O) groups excluding carboxylic acids is 4. The number of anilines is 1. The number of carboxylic acids is 1. The zero-order valence-electron chi connectivity index (χ0n) is 16.9. The van der Waals surface area contributed by atoms with E-state index in [2.05, 4.69) is 10.2 Å². The number of piperidine rings is 2. The first-order valence-corrected chi connectivity index (χ1v) is 10.6. The molecule has 162 valence electrons. The monoisotopic (exact) mass is 425 g/mol. The van der Waals surface area contributed by atoms with Crippen LogP contribution in [0.5, 0.6) is 0 Å². The number of amides is 4. The minimum Gasteiger partial charge on any atom is -0.481 e. The molecular formula is C22H23N3O6. The number of nitrogens with zero attached hydrogens (tertiary/aromatic N) is 2. The number of imide groups is 2. The van der Waals surface area contributed by atoms with E-state index in [1.807, 2.05) is 6.07 Å². The highest BCUT2D eigenvalue weighted by Gasteiger charge is 2.50. The van der Waals surface area contributed by atoms with Gasteiger partial charge in [0.1, 0.15) is 6.04 Å². The van der Waals surface area contributed by atoms with Crippen LogP contribution in [-0.2, 0) is 14.4 Å². The Balaban J connectivity index is 1.36. The van der Waals surface area contributed by atoms with Crippen molar-refractivity contribution in [3.05, 3.63) is 29.3 Å². The van der Waals surface area contributed by atoms with Crippen LogP contribution in [0.3, 0.4) is 0 Å². The van der Waals surface area contributed by atoms with Gasteiger partial charge in [-0.15, -0.1) is 0 Å². The molecule has 0 bridgehead atoms. The summed E-state index contributed by atoms with van der Waals surface area (Å²) in [7, 11) is 0. The third-order valence-electron chi connectivity index (χ3n) is 7.32. The number of hydrogen-bond acceptors (Lipinski definition) is 6. The number of carboxylic acid groups (broad SMARTS) is 1. The molecule has 1 saturated carbocycles. The number of hydrogen-bond donors (Lipinski definition) is 2. The van der Waals surface area contributed by atoms with E-state index in [0.717, 1.165) is 17.7 Å². The molecule has 4 amide bonds. The fraction of sp³-hybridized carbons (Fsp3) is 0.500. The summed E-state index contributed by atoms with van der Waals surface area (Å²) in [5.41, 5.74) is 1.33. The van der Waals surface area contributed by atoms with Gasteiger partial charge in [-0.05, 0) is 49.7 Å². The maximum absolute atomic E-state index is 13.3. The van der Waals surface area contributed by atoms with Crippen LogP contribution in [-0.4, -0.2) is 58.7 Å². The highest BCUT2D eigenvalue weighted by molar-refractivity contribution is 6.25. The van der Waals surface area contributed by atoms with Crippen LogP contribution in [0.4, 0.5) is 5.69 Å². The van der Waals surface area contributed by atoms with Gasteiger partial charge >= 0.3 is 5.97 Å². The molecular weight excluding hydrogens is 402 g/mol. The van der Waals surface area contributed by atoms with E-state index in [9.17, 15) is 29.1 Å². The molecule has 1 aliphatic carbocycles. The van der Waals surface area contributed by atoms with Crippen LogP contribution < -0.4 is 10.2 Å². The predicted octanol–water partition coefficient (Wildman–Crippen LogP) is 1.17. The second-order valence-corrected chi connectivity index (χ2v) is 9.08. The third-order valence-corrected chi connectivity index (χ3v) is 7.32. The Bertz CT molecular complexity index is 1020. The lowest BCUT2D eigenvalue weighted by Gasteiger charge is -2.51. The molecule has 3 heterocycles. The summed E-state index contributed by atoms with van der Waals surface area (Å²) in [6.07, 6.45) is 3.30. The minimum atomic E-state index is -0.981. The average molecular weight is 425 g/mol. The molecule has 0 radical (unpaired) electrons. The number of carbonyl (C=O) groups is 5. The molecule has 4 aliphatic rings. The van der Waals surface area contributed by atoms with E-state index >= 15 is 0 Å². The highest BCUT2D eigenvalue weighted by atomic mass is 16.4. The molecule has 2 N–H and O–H groups in total. The second kappa shape index (κ2) is 6.90. The van der Waals surface area contributed by atoms with Gasteiger partial charge in [-0.3, -0.25) is 34.2 Å². The van der Waals surface area contributed by atoms with Crippen molar-refractivity contribution in [1.82, 2.24) is 10.2 Å². The van der Waals surface area contributed by atoms with Gasteiger partial charge in [-0.25, -0.2) is 0 Å². The van der Waals surface area contributed by atoms with Gasteiger partial charge in [0.2, 0.25) is 11.8 Å². The summed E-state index contributed by atoms with van der Waals surface area (Å²) >= 11 is 0. The molecule has 1 atom stereocenters. The summed E-state index contributed by atoms with van der Waals surface area (Å²) in [6, 6.07) is 4.17. The predicted molar refractivity (Wildman–Crippen MR) is 107 cm³/mol. The lowest BCUT2D eigenvalue weighted by Crippen LogP contribution is -2.54. The van der Waals surface area contributed by atoms with Crippen LogP contribution in [0.1, 0.15) is 59.2 Å². The van der Waals surface area contributed by atoms with Crippen molar-refractivity contribution in [2.75, 3.05) is 18.0 Å². The molecule has 3 aliphatic heterocycles. The lowest BCUT2D eigenvalue weighted by atomic mass is 9.57. The SMILES string of the molecule is O=C1CCC(N2C(=O)c3cccc(N4CCC5(CC4)CC(C(=O)O)C5)c3C2=O)C(=O)N1. The average Bonchev–Trinajstić information content (AvgIpc) is 2.97. The van der Waals surface area contributed by atoms with Crippen molar-refractivity contribution in [2.45, 2.75) is 44.6 Å². The molecule has 31 heavy (non-hydrogen) atoms. The van der Waals surface area contributed by atoms with Crippen molar-refractivity contribution in [2.24, 2.45) is 11.3 Å². The van der Waals surface area contributed by atoms with Crippen LogP contribution in [0.15, 0.2) is 18.2 Å². The number of rotatable bonds is 3. The Morgan fingerprint density at radius 1 is 1.06 bits per heavy atom. The Labute approximate surface area is 178 Å².